The summed E-state index contributed by atoms with van der Waals surface area (Å²) in [5, 5.41) is 66.3. The number of esters is 1. The van der Waals surface area contributed by atoms with Gasteiger partial charge in [0.05, 0.1) is 50.4 Å². The van der Waals surface area contributed by atoms with Crippen LogP contribution in [0, 0.1) is 84.5 Å². The Balaban J connectivity index is -0.000000104. The molecule has 0 aromatic rings. The van der Waals surface area contributed by atoms with E-state index in [2.05, 4.69) is 238 Å². The van der Waals surface area contributed by atoms with Crippen molar-refractivity contribution in [1.82, 2.24) is 0 Å². The van der Waals surface area contributed by atoms with Gasteiger partial charge >= 0.3 is 62.5 Å². The predicted octanol–water partition coefficient (Wildman–Crippen LogP) is 30.2. The Morgan fingerprint density at radius 1 is 0.288 bits per heavy atom. The molecule has 0 bridgehead atoms. The minimum atomic E-state index is -0.761. The molecule has 0 radical (unpaired) electrons. The number of aliphatic hydroxyl groups is 7. The molecule has 0 saturated carbocycles. The van der Waals surface area contributed by atoms with Crippen LogP contribution in [0.1, 0.15) is 438 Å². The van der Waals surface area contributed by atoms with Crippen LogP contribution in [0.3, 0.4) is 0 Å². The summed E-state index contributed by atoms with van der Waals surface area (Å²) in [5.74, 6) is 3.73. The third kappa shape index (κ3) is 102. The average molecular weight is 1980 g/mol. The summed E-state index contributed by atoms with van der Waals surface area (Å²) in [6.45, 7) is 118. The summed E-state index contributed by atoms with van der Waals surface area (Å²) in [4.78, 5) is 10.9. The Morgan fingerprint density at radius 2 is 0.518 bits per heavy atom. The van der Waals surface area contributed by atoms with E-state index in [9.17, 15) is 40.5 Å². The van der Waals surface area contributed by atoms with Crippen LogP contribution in [-0.4, -0.2) is 167 Å². The van der Waals surface area contributed by atoms with Crippen LogP contribution in [0.4, 0.5) is 0 Å². The first-order valence-electron chi connectivity index (χ1n) is 51.4. The molecule has 0 aromatic heterocycles. The Morgan fingerprint density at radius 3 is 0.734 bits per heavy atom. The van der Waals surface area contributed by atoms with Crippen LogP contribution < -0.4 is 0 Å². The number of methoxy groups -OCH3 is 6. The van der Waals surface area contributed by atoms with Gasteiger partial charge in [-0.05, 0) is 300 Å². The number of hydrogen-bond donors (Lipinski definition) is 7. The molecule has 20 nitrogen and oxygen atoms in total. The fraction of sp³-hybridized carbons (Fsp3) is 0.798. The van der Waals surface area contributed by atoms with Crippen molar-refractivity contribution in [2.45, 2.75) is 494 Å². The van der Waals surface area contributed by atoms with Gasteiger partial charge in [-0.3, -0.25) is 4.79 Å². The number of ether oxygens (including phenoxy) is 7. The van der Waals surface area contributed by atoms with Gasteiger partial charge in [0.15, 0.2) is 0 Å². The maximum atomic E-state index is 10.9. The normalized spacial score (nSPS) is 17.0. The van der Waals surface area contributed by atoms with Crippen LogP contribution in [0.2, 0.25) is 0 Å². The molecule has 7 N–H and O–H groups in total. The van der Waals surface area contributed by atoms with Gasteiger partial charge in [-0.15, -0.1) is 52.6 Å². The Hall–Kier alpha value is -4.69. The Kier molecular flexibility index (Phi) is 116. The van der Waals surface area contributed by atoms with Gasteiger partial charge in [-0.2, -0.15) is 0 Å². The van der Waals surface area contributed by atoms with Gasteiger partial charge < -0.3 is 68.9 Å². The zero-order valence-electron chi connectivity index (χ0n) is 96.9. The maximum absolute atomic E-state index is 10.9. The summed E-state index contributed by atoms with van der Waals surface area (Å²) in [6, 6.07) is 0. The van der Waals surface area contributed by atoms with Gasteiger partial charge in [0.2, 0.25) is 0 Å². The molecule has 0 aliphatic rings. The molecular weight excluding hydrogens is 1750 g/mol. The molecule has 0 aliphatic heterocycles. The SMILES string of the molecule is C=CC(C)(CCC(C)C(C)C)OC.C=CC(C)(CCCC(C)(C)OC)OC(C)=O.C=CC(C)(CCCC(C)(CC)CO)OC.C=CC(C)(CCCC(C)(CO)CCC)OC.C=CC(C)(CCCC(C)CC)OC.C=CC(C)(CCCC(C)CCC)OC.C=CC(C)(O)CCCC(C)(CC)CO.C=CC(C)(O)CCCC(C)(CO)CCC.C=CC(C)(O)CCCC(C)CCC.[C-]#[O+].[C-]#[O+].[C-]#[O+].[C-]#[O+].[C-]#[O+]. The van der Waals surface area contributed by atoms with E-state index in [0.29, 0.717) is 6.42 Å². The quantitative estimate of drug-likeness (QED) is 0.0129. The van der Waals surface area contributed by atoms with Crippen LogP contribution >= 0.6 is 0 Å². The molecule has 17 atom stereocenters. The summed E-state index contributed by atoms with van der Waals surface area (Å²) in [7, 11) is 10.4. The molecule has 0 spiro atoms. The van der Waals surface area contributed by atoms with E-state index < -0.39 is 22.4 Å². The van der Waals surface area contributed by atoms with Crippen molar-refractivity contribution in [3.63, 3.8) is 0 Å². The van der Waals surface area contributed by atoms with Crippen LogP contribution in [0.5, 0.6) is 0 Å². The van der Waals surface area contributed by atoms with Crippen LogP contribution in [0.25, 0.3) is 0 Å². The number of aliphatic hydroxyl groups excluding tert-OH is 4. The monoisotopic (exact) mass is 1980 g/mol. The van der Waals surface area contributed by atoms with E-state index in [0.717, 1.165) is 190 Å². The van der Waals surface area contributed by atoms with E-state index in [4.69, 9.17) is 56.4 Å². The van der Waals surface area contributed by atoms with Crippen molar-refractivity contribution in [3.8, 4) is 0 Å². The van der Waals surface area contributed by atoms with E-state index in [1.165, 1.54) is 77.6 Å². The van der Waals surface area contributed by atoms with Gasteiger partial charge in [0, 0.05) is 76.0 Å². The first-order chi connectivity index (χ1) is 64.5. The summed E-state index contributed by atoms with van der Waals surface area (Å²) < 4.78 is 75.1. The van der Waals surface area contributed by atoms with Crippen molar-refractivity contribution in [2.24, 2.45) is 51.2 Å². The average Bonchev–Trinajstić information content (AvgIpc) is 0.909. The second-order valence-corrected chi connectivity index (χ2v) is 42.5. The first-order valence-corrected chi connectivity index (χ1v) is 51.4. The molecule has 0 saturated heterocycles. The number of hydrogen-bond acceptors (Lipinski definition) is 15. The third-order valence-corrected chi connectivity index (χ3v) is 28.0. The van der Waals surface area contributed by atoms with Crippen molar-refractivity contribution < 1.29 is 97.0 Å². The molecule has 822 valence electrons. The fourth-order valence-electron chi connectivity index (χ4n) is 14.0. The van der Waals surface area contributed by atoms with Crippen LogP contribution in [0.15, 0.2) is 114 Å². The Labute approximate surface area is 860 Å². The zero-order chi connectivity index (χ0) is 113. The summed E-state index contributed by atoms with van der Waals surface area (Å²) in [5.41, 5.74) is -3.51. The fourth-order valence-corrected chi connectivity index (χ4v) is 14.0. The molecule has 0 heterocycles. The first kappa shape index (κ1) is 165. The molecule has 0 aromatic carbocycles. The molecule has 0 aliphatic carbocycles. The van der Waals surface area contributed by atoms with E-state index in [-0.39, 0.29) is 87.7 Å². The number of rotatable bonds is 67. The third-order valence-electron chi connectivity index (χ3n) is 28.0. The molecule has 139 heavy (non-hydrogen) atoms. The van der Waals surface area contributed by atoms with E-state index in [1.807, 2.05) is 65.0 Å². The Bertz CT molecular complexity index is 2940. The molecule has 0 fully saturated rings. The second-order valence-electron chi connectivity index (χ2n) is 42.5. The van der Waals surface area contributed by atoms with Crippen LogP contribution in [-0.2, 0) is 61.2 Å². The van der Waals surface area contributed by atoms with Crippen molar-refractivity contribution in [2.75, 3.05) is 69.1 Å². The molecule has 20 heteroatoms. The van der Waals surface area contributed by atoms with E-state index >= 15 is 0 Å². The topological polar surface area (TPSA) is 323 Å². The molecule has 17 unspecified atom stereocenters. The minimum absolute atomic E-state index is 0.0112. The van der Waals surface area contributed by atoms with E-state index in [1.54, 1.807) is 80.8 Å². The molecular formula is C119H226O20. The zero-order valence-corrected chi connectivity index (χ0v) is 96.9. The van der Waals surface area contributed by atoms with Gasteiger partial charge in [-0.25, -0.2) is 0 Å². The standard InChI is InChI=1S/C14H28O2.C13H24O3.2C13H26O2.C13H26O.C12H24O2.3C12H24O.5CO/c1-6-9-13(3,12-15)10-8-11-14(4,7-2)16-5;1-7-13(5,16-11(2)14)10-8-9-12(3,4)15-6;1-6-12(3,11-14)9-8-10-13(4,7-2)15-5;1-5-8-12(3,11-14)9-7-10-13(4,15)6-2;1-6-9-12(3)10-8-11-13(4,7-2)14-5;1-5-11(3,10-13)8-7-9-12(4,14)6-2;1-7-12(5,13-6)9-8-11(4)10(2)3;1-6-11(3)9-8-10-12(4,7-2)13-5;1-5-8-11(3)9-7-10-12(4,13)6-2;5*1-2/h7,15H,2,6,8-12H2,1,3-5H3;7H,1,8-10H2,2-6H3;7,14H,2,6,8-11H2,1,3-5H3;6,14-15H,2,5,7-11H2,1,3-4H3;7,12H,2,6,8-11H2,1,3-5H3;6,13-14H,2,5,7-10H2,1,3-4H3;7,10-11H,1,8-9H2,2-6H3;7,11H,2,6,8-10H2,1,3-5H3;6,11,13H,2,5,7-10H2,1,3-4H3;;;;;. The summed E-state index contributed by atoms with van der Waals surface area (Å²) in [6.07, 6.45) is 55.3. The predicted molar refractivity (Wildman–Crippen MR) is 584 cm³/mol. The molecule has 0 rings (SSSR count). The summed E-state index contributed by atoms with van der Waals surface area (Å²) >= 11 is 0. The second kappa shape index (κ2) is 98.0. The van der Waals surface area contributed by atoms with Crippen molar-refractivity contribution >= 4 is 5.97 Å². The van der Waals surface area contributed by atoms with Gasteiger partial charge in [0.25, 0.3) is 0 Å². The van der Waals surface area contributed by atoms with Gasteiger partial charge in [-0.1, -0.05) is 244 Å². The number of carbonyl (C=O) groups excluding carboxylic acids is 1. The molecule has 0 amide bonds. The van der Waals surface area contributed by atoms with Crippen molar-refractivity contribution in [1.29, 1.82) is 0 Å². The van der Waals surface area contributed by atoms with Gasteiger partial charge in [0.1, 0.15) is 5.60 Å². The van der Waals surface area contributed by atoms with Crippen molar-refractivity contribution in [3.05, 3.63) is 147 Å². The number of carbonyl (C=O) groups is 1.